The predicted octanol–water partition coefficient (Wildman–Crippen LogP) is 4.93. The molecule has 0 aliphatic heterocycles. The van der Waals surface area contributed by atoms with Gasteiger partial charge < -0.3 is 10.6 Å². The van der Waals surface area contributed by atoms with Crippen LogP contribution in [-0.4, -0.2) is 32.5 Å². The number of nitrogens with zero attached hydrogens (tertiary/aromatic N) is 1. The highest BCUT2D eigenvalue weighted by Crippen LogP contribution is 2.29. The number of amides is 2. The smallest absolute Gasteiger partial charge is 0.253 e. The molecule has 0 aliphatic rings. The topological polar surface area (TPSA) is 95.6 Å². The van der Waals surface area contributed by atoms with Gasteiger partial charge in [0.25, 0.3) is 5.91 Å². The fraction of sp³-hybridized carbons (Fsp3) is 0.231. The number of hydrogen-bond donors (Lipinski definition) is 2. The van der Waals surface area contributed by atoms with E-state index in [4.69, 9.17) is 11.6 Å². The maximum Gasteiger partial charge on any atom is 0.253 e. The van der Waals surface area contributed by atoms with Crippen LogP contribution in [0.3, 0.4) is 0 Å². The van der Waals surface area contributed by atoms with Crippen molar-refractivity contribution < 1.29 is 18.0 Å². The first-order valence-electron chi connectivity index (χ1n) is 11.0. The van der Waals surface area contributed by atoms with E-state index in [9.17, 15) is 18.0 Å². The van der Waals surface area contributed by atoms with Gasteiger partial charge in [-0.2, -0.15) is 0 Å². The molecule has 0 radical (unpaired) electrons. The largest absolute Gasteiger partial charge is 0.345 e. The van der Waals surface area contributed by atoms with Crippen LogP contribution in [0.1, 0.15) is 41.4 Å². The van der Waals surface area contributed by atoms with Gasteiger partial charge in [-0.15, -0.1) is 0 Å². The lowest BCUT2D eigenvalue weighted by Gasteiger charge is -2.29. The van der Waals surface area contributed by atoms with Crippen LogP contribution in [0.5, 0.6) is 0 Å². The second-order valence-corrected chi connectivity index (χ2v) is 10.6. The summed E-state index contributed by atoms with van der Waals surface area (Å²) >= 11 is 6.10. The number of hydrogen-bond acceptors (Lipinski definition) is 4. The summed E-state index contributed by atoms with van der Waals surface area (Å²) in [5, 5.41) is 6.00. The number of nitrogens with one attached hydrogen (secondary N) is 2. The van der Waals surface area contributed by atoms with E-state index in [1.807, 2.05) is 37.3 Å². The molecule has 184 valence electrons. The van der Waals surface area contributed by atoms with Crippen LogP contribution >= 0.6 is 11.6 Å². The molecule has 0 aromatic heterocycles. The van der Waals surface area contributed by atoms with Gasteiger partial charge in [-0.1, -0.05) is 60.1 Å². The van der Waals surface area contributed by atoms with Gasteiger partial charge in [-0.3, -0.25) is 13.9 Å². The van der Waals surface area contributed by atoms with E-state index in [0.29, 0.717) is 16.3 Å². The van der Waals surface area contributed by atoms with Gasteiger partial charge in [-0.25, -0.2) is 8.42 Å². The van der Waals surface area contributed by atoms with Crippen LogP contribution in [0.2, 0.25) is 5.02 Å². The first kappa shape index (κ1) is 26.2. The van der Waals surface area contributed by atoms with E-state index in [1.165, 1.54) is 13.0 Å². The van der Waals surface area contributed by atoms with Crippen molar-refractivity contribution in [2.24, 2.45) is 0 Å². The number of anilines is 2. The number of para-hydroxylation sites is 1. The Kier molecular flexibility index (Phi) is 8.19. The van der Waals surface area contributed by atoms with Crippen LogP contribution in [0.15, 0.2) is 72.8 Å². The molecule has 0 saturated carbocycles. The van der Waals surface area contributed by atoms with E-state index in [1.54, 1.807) is 43.3 Å². The summed E-state index contributed by atoms with van der Waals surface area (Å²) in [6.07, 6.45) is 1.03. The molecule has 0 aliphatic carbocycles. The van der Waals surface area contributed by atoms with Gasteiger partial charge in [-0.05, 0) is 56.2 Å². The quantitative estimate of drug-likeness (QED) is 0.446. The number of carbonyl (C=O) groups is 2. The van der Waals surface area contributed by atoms with Gasteiger partial charge >= 0.3 is 0 Å². The van der Waals surface area contributed by atoms with Gasteiger partial charge in [0, 0.05) is 5.02 Å². The van der Waals surface area contributed by atoms with E-state index in [0.717, 1.165) is 16.1 Å². The fourth-order valence-corrected chi connectivity index (χ4v) is 5.12. The Balaban J connectivity index is 1.85. The summed E-state index contributed by atoms with van der Waals surface area (Å²) in [5.41, 5.74) is 2.44. The maximum atomic E-state index is 13.2. The molecule has 3 aromatic rings. The molecule has 3 aromatic carbocycles. The minimum absolute atomic E-state index is 0.252. The molecule has 9 heteroatoms. The van der Waals surface area contributed by atoms with Crippen molar-refractivity contribution in [1.29, 1.82) is 0 Å². The molecule has 3 rings (SSSR count). The van der Waals surface area contributed by atoms with Crippen molar-refractivity contribution in [2.45, 2.75) is 32.9 Å². The zero-order valence-electron chi connectivity index (χ0n) is 19.9. The lowest BCUT2D eigenvalue weighted by molar-refractivity contribution is -0.116. The Morgan fingerprint density at radius 1 is 0.943 bits per heavy atom. The highest BCUT2D eigenvalue weighted by Gasteiger charge is 2.31. The lowest BCUT2D eigenvalue weighted by atomic mass is 10.1. The standard InChI is InChI=1S/C26H28ClN3O4S/c1-17-14-15-21(27)16-24(17)30(35(4,33)34)19(3)25(31)29-23-13-9-8-12-22(23)26(32)28-18(2)20-10-6-5-7-11-20/h5-16,18-19H,1-4H3,(H,28,32)(H,29,31)/t18-,19+/m0/s1. The number of aryl methyl sites for hydroxylation is 1. The first-order valence-corrected chi connectivity index (χ1v) is 13.2. The van der Waals surface area contributed by atoms with E-state index in [-0.39, 0.29) is 23.2 Å². The van der Waals surface area contributed by atoms with Crippen molar-refractivity contribution in [2.75, 3.05) is 15.9 Å². The van der Waals surface area contributed by atoms with Gasteiger partial charge in [0.05, 0.1) is 29.2 Å². The molecule has 0 spiro atoms. The minimum atomic E-state index is -3.83. The Labute approximate surface area is 211 Å². The third-order valence-corrected chi connectivity index (χ3v) is 7.04. The van der Waals surface area contributed by atoms with Gasteiger partial charge in [0.1, 0.15) is 6.04 Å². The summed E-state index contributed by atoms with van der Waals surface area (Å²) in [6, 6.07) is 19.6. The first-order chi connectivity index (χ1) is 16.5. The van der Waals surface area contributed by atoms with E-state index in [2.05, 4.69) is 10.6 Å². The molecule has 2 atom stereocenters. The lowest BCUT2D eigenvalue weighted by Crippen LogP contribution is -2.46. The van der Waals surface area contributed by atoms with Crippen LogP contribution in [0, 0.1) is 6.92 Å². The second-order valence-electron chi connectivity index (χ2n) is 8.31. The predicted molar refractivity (Wildman–Crippen MR) is 140 cm³/mol. The van der Waals surface area contributed by atoms with Crippen LogP contribution < -0.4 is 14.9 Å². The van der Waals surface area contributed by atoms with Crippen molar-refractivity contribution in [3.8, 4) is 0 Å². The second kappa shape index (κ2) is 10.9. The molecule has 0 fully saturated rings. The van der Waals surface area contributed by atoms with Gasteiger partial charge in [0.2, 0.25) is 15.9 Å². The van der Waals surface area contributed by atoms with Crippen molar-refractivity contribution >= 4 is 44.8 Å². The number of benzene rings is 3. The van der Waals surface area contributed by atoms with Crippen LogP contribution in [-0.2, 0) is 14.8 Å². The number of rotatable bonds is 8. The van der Waals surface area contributed by atoms with Crippen LogP contribution in [0.4, 0.5) is 11.4 Å². The summed E-state index contributed by atoms with van der Waals surface area (Å²) in [7, 11) is -3.83. The summed E-state index contributed by atoms with van der Waals surface area (Å²) in [5.74, 6) is -0.957. The third-order valence-electron chi connectivity index (χ3n) is 5.57. The van der Waals surface area contributed by atoms with Crippen molar-refractivity contribution in [3.05, 3.63) is 94.5 Å². The number of carbonyl (C=O) groups excluding carboxylic acids is 2. The average molecular weight is 514 g/mol. The Bertz CT molecular complexity index is 1330. The zero-order valence-corrected chi connectivity index (χ0v) is 21.5. The Morgan fingerprint density at radius 2 is 1.57 bits per heavy atom. The SMILES string of the molecule is Cc1ccc(Cl)cc1N([C@H](C)C(=O)Nc1ccccc1C(=O)N[C@@H](C)c1ccccc1)S(C)(=O)=O. The molecule has 2 amide bonds. The third kappa shape index (κ3) is 6.41. The number of sulfonamides is 1. The molecule has 0 heterocycles. The highest BCUT2D eigenvalue weighted by atomic mass is 35.5. The van der Waals surface area contributed by atoms with E-state index >= 15 is 0 Å². The normalized spacial score (nSPS) is 12.9. The molecular weight excluding hydrogens is 486 g/mol. The molecule has 35 heavy (non-hydrogen) atoms. The maximum absolute atomic E-state index is 13.2. The van der Waals surface area contributed by atoms with Crippen LogP contribution in [0.25, 0.3) is 0 Å². The molecule has 0 saturated heterocycles. The molecular formula is C26H28ClN3O4S. The van der Waals surface area contributed by atoms with Crippen molar-refractivity contribution in [3.63, 3.8) is 0 Å². The summed E-state index contributed by atoms with van der Waals surface area (Å²) < 4.78 is 26.4. The highest BCUT2D eigenvalue weighted by molar-refractivity contribution is 7.92. The molecule has 0 unspecified atom stereocenters. The zero-order chi connectivity index (χ0) is 25.8. The summed E-state index contributed by atoms with van der Waals surface area (Å²) in [4.78, 5) is 26.2. The molecule has 7 nitrogen and oxygen atoms in total. The Hall–Kier alpha value is -3.36. The molecule has 2 N–H and O–H groups in total. The molecule has 0 bridgehead atoms. The monoisotopic (exact) mass is 513 g/mol. The summed E-state index contributed by atoms with van der Waals surface area (Å²) in [6.45, 7) is 5.09. The van der Waals surface area contributed by atoms with Crippen molar-refractivity contribution in [1.82, 2.24) is 5.32 Å². The average Bonchev–Trinajstić information content (AvgIpc) is 2.81. The Morgan fingerprint density at radius 3 is 2.23 bits per heavy atom. The number of halogens is 1. The minimum Gasteiger partial charge on any atom is -0.345 e. The van der Waals surface area contributed by atoms with E-state index < -0.39 is 22.0 Å². The van der Waals surface area contributed by atoms with Gasteiger partial charge in [0.15, 0.2) is 0 Å². The fourth-order valence-electron chi connectivity index (χ4n) is 3.73.